The Morgan fingerprint density at radius 3 is 2.41 bits per heavy atom. The summed E-state index contributed by atoms with van der Waals surface area (Å²) in [5, 5.41) is 2.43. The number of anilines is 1. The van der Waals surface area contributed by atoms with Crippen molar-refractivity contribution in [1.82, 2.24) is 14.8 Å². The first-order valence-corrected chi connectivity index (χ1v) is 12.3. The van der Waals surface area contributed by atoms with Gasteiger partial charge in [-0.1, -0.05) is 19.1 Å². The Labute approximate surface area is 222 Å². The number of likely N-dealkylation sites (N-methyl/N-ethyl adjacent to an activating group) is 1. The average molecular weight is 557 g/mol. The standard InChI is InChI=1S/C26H29F5N4O4/c1-14-19(15-8-9-16(27)20(28)21(15)38-4)22(39-25(14,2)26(29,30)31)23(36)33-18-7-5-6-17(32-18)24(37)35-12-10-34(3)11-13-35/h5-9,14,19,22H,10-13H2,1-4H3,(H,32,33,36)/t14-,19-,22+,25+/m0/s1. The Bertz CT molecular complexity index is 1250. The van der Waals surface area contributed by atoms with E-state index in [9.17, 15) is 31.5 Å². The summed E-state index contributed by atoms with van der Waals surface area (Å²) in [6.07, 6.45) is -6.66. The van der Waals surface area contributed by atoms with Crippen LogP contribution in [0, 0.1) is 17.6 Å². The zero-order chi connectivity index (χ0) is 28.7. The van der Waals surface area contributed by atoms with Crippen LogP contribution in [0.5, 0.6) is 5.75 Å². The highest BCUT2D eigenvalue weighted by Crippen LogP contribution is 2.55. The van der Waals surface area contributed by atoms with Crippen molar-refractivity contribution in [1.29, 1.82) is 0 Å². The number of aromatic nitrogens is 1. The number of carbonyl (C=O) groups excluding carboxylic acids is 2. The normalized spacial score (nSPS) is 26.0. The van der Waals surface area contributed by atoms with Gasteiger partial charge in [-0.2, -0.15) is 17.6 Å². The topological polar surface area (TPSA) is 84.0 Å². The molecular weight excluding hydrogens is 527 g/mol. The molecule has 2 aliphatic heterocycles. The molecule has 2 amide bonds. The lowest BCUT2D eigenvalue weighted by Gasteiger charge is -2.32. The lowest BCUT2D eigenvalue weighted by molar-refractivity contribution is -0.272. The minimum absolute atomic E-state index is 0.0528. The molecule has 1 N–H and O–H groups in total. The van der Waals surface area contributed by atoms with Crippen molar-refractivity contribution in [3.8, 4) is 5.75 Å². The van der Waals surface area contributed by atoms with E-state index < -0.39 is 53.0 Å². The van der Waals surface area contributed by atoms with Crippen LogP contribution in [-0.2, 0) is 9.53 Å². The molecule has 0 radical (unpaired) electrons. The molecule has 2 aliphatic rings. The first kappa shape index (κ1) is 28.7. The van der Waals surface area contributed by atoms with Crippen LogP contribution in [0.15, 0.2) is 30.3 Å². The molecule has 13 heteroatoms. The molecule has 0 bridgehead atoms. The fourth-order valence-corrected chi connectivity index (χ4v) is 5.03. The second-order valence-electron chi connectivity index (χ2n) is 9.93. The zero-order valence-electron chi connectivity index (χ0n) is 21.8. The Balaban J connectivity index is 1.65. The predicted octanol–water partition coefficient (Wildman–Crippen LogP) is 3.83. The number of benzene rings is 1. The highest BCUT2D eigenvalue weighted by Gasteiger charge is 2.66. The molecule has 1 aromatic carbocycles. The number of pyridine rings is 1. The molecule has 39 heavy (non-hydrogen) atoms. The monoisotopic (exact) mass is 556 g/mol. The van der Waals surface area contributed by atoms with Gasteiger partial charge in [-0.25, -0.2) is 9.37 Å². The maximum absolute atomic E-state index is 14.5. The summed E-state index contributed by atoms with van der Waals surface area (Å²) in [5.74, 6) is -7.44. The van der Waals surface area contributed by atoms with Gasteiger partial charge in [-0.15, -0.1) is 0 Å². The van der Waals surface area contributed by atoms with E-state index in [2.05, 4.69) is 15.2 Å². The van der Waals surface area contributed by atoms with Crippen molar-refractivity contribution < 1.29 is 41.0 Å². The van der Waals surface area contributed by atoms with E-state index in [0.717, 1.165) is 26.2 Å². The van der Waals surface area contributed by atoms with Crippen LogP contribution in [0.25, 0.3) is 0 Å². The van der Waals surface area contributed by atoms with Crippen LogP contribution in [0.1, 0.15) is 35.8 Å². The molecule has 2 saturated heterocycles. The third kappa shape index (κ3) is 5.29. The van der Waals surface area contributed by atoms with Crippen molar-refractivity contribution in [3.05, 3.63) is 53.2 Å². The molecule has 0 unspecified atom stereocenters. The van der Waals surface area contributed by atoms with Crippen molar-refractivity contribution in [2.75, 3.05) is 45.7 Å². The Hall–Kier alpha value is -3.32. The number of halogens is 5. The van der Waals surface area contributed by atoms with E-state index in [1.54, 1.807) is 4.90 Å². The Kier molecular flexibility index (Phi) is 7.86. The number of rotatable bonds is 5. The molecule has 0 spiro atoms. The van der Waals surface area contributed by atoms with Crippen molar-refractivity contribution in [2.24, 2.45) is 5.92 Å². The Morgan fingerprint density at radius 1 is 1.13 bits per heavy atom. The molecule has 3 heterocycles. The molecule has 0 aliphatic carbocycles. The van der Waals surface area contributed by atoms with Gasteiger partial charge in [0.1, 0.15) is 17.6 Å². The highest BCUT2D eigenvalue weighted by atomic mass is 19.4. The minimum Gasteiger partial charge on any atom is -0.493 e. The summed E-state index contributed by atoms with van der Waals surface area (Å²) in [5.41, 5.74) is -2.89. The van der Waals surface area contributed by atoms with E-state index in [0.29, 0.717) is 26.2 Å². The minimum atomic E-state index is -4.89. The third-order valence-corrected chi connectivity index (χ3v) is 7.58. The lowest BCUT2D eigenvalue weighted by atomic mass is 9.77. The van der Waals surface area contributed by atoms with Crippen LogP contribution in [0.4, 0.5) is 27.8 Å². The van der Waals surface area contributed by atoms with Gasteiger partial charge in [-0.05, 0) is 32.2 Å². The number of methoxy groups -OCH3 is 1. The fourth-order valence-electron chi connectivity index (χ4n) is 5.03. The van der Waals surface area contributed by atoms with Gasteiger partial charge in [-0.3, -0.25) is 9.59 Å². The van der Waals surface area contributed by atoms with E-state index in [1.165, 1.54) is 25.1 Å². The smallest absolute Gasteiger partial charge is 0.417 e. The van der Waals surface area contributed by atoms with E-state index in [-0.39, 0.29) is 23.0 Å². The molecule has 0 saturated carbocycles. The van der Waals surface area contributed by atoms with Crippen LogP contribution in [-0.4, -0.2) is 84.8 Å². The summed E-state index contributed by atoms with van der Waals surface area (Å²) >= 11 is 0. The number of carbonyl (C=O) groups is 2. The molecular formula is C26H29F5N4O4. The fraction of sp³-hybridized carbons (Fsp3) is 0.500. The Morgan fingerprint density at radius 2 is 1.79 bits per heavy atom. The van der Waals surface area contributed by atoms with Gasteiger partial charge >= 0.3 is 6.18 Å². The molecule has 2 aromatic rings. The van der Waals surface area contributed by atoms with Gasteiger partial charge < -0.3 is 24.6 Å². The van der Waals surface area contributed by atoms with E-state index in [1.807, 2.05) is 7.05 Å². The number of hydrogen-bond donors (Lipinski definition) is 1. The van der Waals surface area contributed by atoms with Gasteiger partial charge in [0, 0.05) is 43.6 Å². The van der Waals surface area contributed by atoms with Gasteiger partial charge in [0.05, 0.1) is 7.11 Å². The summed E-state index contributed by atoms with van der Waals surface area (Å²) in [7, 11) is 2.99. The molecule has 2 fully saturated rings. The number of nitrogens with one attached hydrogen (secondary N) is 1. The van der Waals surface area contributed by atoms with Crippen molar-refractivity contribution >= 4 is 17.6 Å². The van der Waals surface area contributed by atoms with Crippen LogP contribution >= 0.6 is 0 Å². The zero-order valence-corrected chi connectivity index (χ0v) is 21.8. The number of nitrogens with zero attached hydrogens (tertiary/aromatic N) is 3. The summed E-state index contributed by atoms with van der Waals surface area (Å²) < 4.78 is 81.2. The number of ether oxygens (including phenoxy) is 2. The number of alkyl halides is 3. The van der Waals surface area contributed by atoms with E-state index in [4.69, 9.17) is 9.47 Å². The molecule has 1 aromatic heterocycles. The molecule has 8 nitrogen and oxygen atoms in total. The van der Waals surface area contributed by atoms with Gasteiger partial charge in [0.15, 0.2) is 17.2 Å². The van der Waals surface area contributed by atoms with Crippen LogP contribution in [0.3, 0.4) is 0 Å². The number of amides is 2. The van der Waals surface area contributed by atoms with Crippen LogP contribution in [0.2, 0.25) is 0 Å². The van der Waals surface area contributed by atoms with Gasteiger partial charge in [0.2, 0.25) is 5.82 Å². The van der Waals surface area contributed by atoms with Crippen molar-refractivity contribution in [2.45, 2.75) is 37.6 Å². The van der Waals surface area contributed by atoms with Crippen LogP contribution < -0.4 is 10.1 Å². The summed E-state index contributed by atoms with van der Waals surface area (Å²) in [6.45, 7) is 4.39. The quantitative estimate of drug-likeness (QED) is 0.564. The SMILES string of the molecule is COc1c([C@H]2[C@H](C(=O)Nc3cccc(C(=O)N4CCN(C)CC4)n3)O[C@@](C)(C(F)(F)F)[C@H]2C)ccc(F)c1F. The lowest BCUT2D eigenvalue weighted by Crippen LogP contribution is -2.47. The van der Waals surface area contributed by atoms with Gasteiger partial charge in [0.25, 0.3) is 11.8 Å². The highest BCUT2D eigenvalue weighted by molar-refractivity contribution is 5.96. The molecule has 4 rings (SSSR count). The second kappa shape index (κ2) is 10.7. The predicted molar refractivity (Wildman–Crippen MR) is 130 cm³/mol. The first-order chi connectivity index (χ1) is 18.3. The maximum atomic E-state index is 14.5. The maximum Gasteiger partial charge on any atom is 0.417 e. The van der Waals surface area contributed by atoms with Crippen molar-refractivity contribution in [3.63, 3.8) is 0 Å². The first-order valence-electron chi connectivity index (χ1n) is 12.3. The average Bonchev–Trinajstić information content (AvgIpc) is 3.17. The molecule has 212 valence electrons. The van der Waals surface area contributed by atoms with E-state index >= 15 is 0 Å². The summed E-state index contributed by atoms with van der Waals surface area (Å²) in [4.78, 5) is 34.2. The third-order valence-electron chi connectivity index (χ3n) is 7.58. The summed E-state index contributed by atoms with van der Waals surface area (Å²) in [6, 6.07) is 6.18. The second-order valence-corrected chi connectivity index (χ2v) is 9.93. The molecule has 4 atom stereocenters. The number of piperazine rings is 1. The largest absolute Gasteiger partial charge is 0.493 e. The number of hydrogen-bond acceptors (Lipinski definition) is 6.